The van der Waals surface area contributed by atoms with Gasteiger partial charge in [-0.15, -0.1) is 0 Å². The van der Waals surface area contributed by atoms with Crippen molar-refractivity contribution in [2.24, 2.45) is 23.2 Å². The molecule has 2 heterocycles. The molecule has 2 aromatic heterocycles. The van der Waals surface area contributed by atoms with E-state index in [9.17, 15) is 4.79 Å². The highest BCUT2D eigenvalue weighted by molar-refractivity contribution is 9.10. The van der Waals surface area contributed by atoms with Gasteiger partial charge >= 0.3 is 0 Å². The molecular weight excluding hydrogens is 430 g/mol. The van der Waals surface area contributed by atoms with E-state index in [-0.39, 0.29) is 5.56 Å². The lowest BCUT2D eigenvalue weighted by molar-refractivity contribution is -0.105. The summed E-state index contributed by atoms with van der Waals surface area (Å²) in [6, 6.07) is 4.36. The fraction of sp³-hybridized carbons (Fsp3) is 0.591. The molecule has 0 amide bonds. The Bertz CT molecular complexity index is 913. The third kappa shape index (κ3) is 3.99. The molecule has 5 rings (SSSR count). The lowest BCUT2D eigenvalue weighted by atomic mass is 9.45. The molecule has 3 aliphatic carbocycles. The number of hydrogen-bond donors (Lipinski definition) is 2. The standard InChI is InChI=1S/C22H30BrN5O/c1-14-17-10-16(22(17,2)3)11-18(14)27-19-13-26-28(21(29)20(19)23)9-8-25-12-15-4-6-24-7-5-15/h4-7,13-14,16-18,25,27H,8-12H2,1-3H3/t14-,16-,17+,18-/m1/s1. The summed E-state index contributed by atoms with van der Waals surface area (Å²) in [6.07, 6.45) is 7.86. The predicted molar refractivity (Wildman–Crippen MR) is 119 cm³/mol. The van der Waals surface area contributed by atoms with E-state index in [1.807, 2.05) is 12.1 Å². The Hall–Kier alpha value is -1.73. The molecule has 7 heteroatoms. The van der Waals surface area contributed by atoms with Crippen LogP contribution < -0.4 is 16.2 Å². The van der Waals surface area contributed by atoms with Crippen LogP contribution in [-0.4, -0.2) is 27.4 Å². The summed E-state index contributed by atoms with van der Waals surface area (Å²) >= 11 is 3.51. The van der Waals surface area contributed by atoms with E-state index in [1.165, 1.54) is 23.1 Å². The number of hydrogen-bond acceptors (Lipinski definition) is 5. The van der Waals surface area contributed by atoms with Crippen molar-refractivity contribution in [2.75, 3.05) is 11.9 Å². The maximum atomic E-state index is 12.7. The Morgan fingerprint density at radius 2 is 2.03 bits per heavy atom. The van der Waals surface area contributed by atoms with Gasteiger partial charge in [-0.05, 0) is 69.6 Å². The molecule has 2 N–H and O–H groups in total. The molecule has 0 unspecified atom stereocenters. The quantitative estimate of drug-likeness (QED) is 0.617. The van der Waals surface area contributed by atoms with Crippen molar-refractivity contribution in [3.63, 3.8) is 0 Å². The molecule has 156 valence electrons. The number of halogens is 1. The highest BCUT2D eigenvalue weighted by Crippen LogP contribution is 2.61. The SMILES string of the molecule is C[C@H]1[C@H](Nc2cnn(CCNCc3ccncc3)c(=O)c2Br)C[C@H]2C[C@@H]1C2(C)C. The second kappa shape index (κ2) is 8.19. The summed E-state index contributed by atoms with van der Waals surface area (Å²) in [5, 5.41) is 11.3. The molecule has 2 bridgehead atoms. The molecule has 29 heavy (non-hydrogen) atoms. The highest BCUT2D eigenvalue weighted by atomic mass is 79.9. The lowest BCUT2D eigenvalue weighted by Gasteiger charge is -2.62. The molecule has 3 aliphatic rings. The lowest BCUT2D eigenvalue weighted by Crippen LogP contribution is -2.58. The molecule has 0 saturated heterocycles. The minimum atomic E-state index is -0.0883. The molecule has 0 aliphatic heterocycles. The number of aromatic nitrogens is 3. The van der Waals surface area contributed by atoms with Crippen molar-refractivity contribution < 1.29 is 0 Å². The van der Waals surface area contributed by atoms with Crippen LogP contribution in [-0.2, 0) is 13.1 Å². The van der Waals surface area contributed by atoms with Gasteiger partial charge in [-0.3, -0.25) is 9.78 Å². The third-order valence-electron chi connectivity index (χ3n) is 7.26. The van der Waals surface area contributed by atoms with Gasteiger partial charge in [0.15, 0.2) is 0 Å². The predicted octanol–water partition coefficient (Wildman–Crippen LogP) is 3.67. The van der Waals surface area contributed by atoms with Crippen LogP contribution in [0.1, 0.15) is 39.2 Å². The van der Waals surface area contributed by atoms with Crippen LogP contribution in [0.5, 0.6) is 0 Å². The van der Waals surface area contributed by atoms with Crippen LogP contribution in [0, 0.1) is 23.2 Å². The van der Waals surface area contributed by atoms with E-state index in [0.29, 0.717) is 34.9 Å². The molecule has 0 spiro atoms. The second-order valence-corrected chi connectivity index (χ2v) is 9.93. The van der Waals surface area contributed by atoms with Gasteiger partial charge in [-0.1, -0.05) is 20.8 Å². The Morgan fingerprint density at radius 1 is 1.28 bits per heavy atom. The molecule has 3 fully saturated rings. The van der Waals surface area contributed by atoms with E-state index in [2.05, 4.69) is 57.4 Å². The number of nitrogens with zero attached hydrogens (tertiary/aromatic N) is 3. The van der Waals surface area contributed by atoms with Gasteiger partial charge in [0.05, 0.1) is 18.4 Å². The van der Waals surface area contributed by atoms with E-state index in [1.54, 1.807) is 18.6 Å². The topological polar surface area (TPSA) is 71.8 Å². The van der Waals surface area contributed by atoms with E-state index in [0.717, 1.165) is 24.1 Å². The summed E-state index contributed by atoms with van der Waals surface area (Å²) in [5.74, 6) is 2.14. The first-order valence-corrected chi connectivity index (χ1v) is 11.3. The maximum Gasteiger partial charge on any atom is 0.283 e. The largest absolute Gasteiger partial charge is 0.380 e. The number of nitrogens with one attached hydrogen (secondary N) is 2. The van der Waals surface area contributed by atoms with Gasteiger partial charge in [0.1, 0.15) is 4.47 Å². The summed E-state index contributed by atoms with van der Waals surface area (Å²) in [5.41, 5.74) is 2.35. The van der Waals surface area contributed by atoms with Crippen LogP contribution in [0.4, 0.5) is 5.69 Å². The summed E-state index contributed by atoms with van der Waals surface area (Å²) in [7, 11) is 0. The summed E-state index contributed by atoms with van der Waals surface area (Å²) in [6.45, 7) is 9.10. The fourth-order valence-corrected chi connectivity index (χ4v) is 5.60. The second-order valence-electron chi connectivity index (χ2n) is 9.14. The third-order valence-corrected chi connectivity index (χ3v) is 8.03. The zero-order valence-electron chi connectivity index (χ0n) is 17.4. The first-order chi connectivity index (χ1) is 13.9. The van der Waals surface area contributed by atoms with E-state index < -0.39 is 0 Å². The molecule has 6 nitrogen and oxygen atoms in total. The van der Waals surface area contributed by atoms with Gasteiger partial charge < -0.3 is 10.6 Å². The van der Waals surface area contributed by atoms with E-state index in [4.69, 9.17) is 0 Å². The minimum absolute atomic E-state index is 0.0883. The van der Waals surface area contributed by atoms with Crippen molar-refractivity contribution in [3.05, 3.63) is 51.1 Å². The molecular formula is C22H30BrN5O. The minimum Gasteiger partial charge on any atom is -0.380 e. The van der Waals surface area contributed by atoms with Gasteiger partial charge in [-0.2, -0.15) is 5.10 Å². The Morgan fingerprint density at radius 3 is 2.72 bits per heavy atom. The highest BCUT2D eigenvalue weighted by Gasteiger charge is 2.56. The molecule has 2 aromatic rings. The number of anilines is 1. The van der Waals surface area contributed by atoms with Crippen LogP contribution in [0.15, 0.2) is 40.0 Å². The van der Waals surface area contributed by atoms with Crippen LogP contribution in [0.2, 0.25) is 0 Å². The normalized spacial score (nSPS) is 27.3. The van der Waals surface area contributed by atoms with Gasteiger partial charge in [0.25, 0.3) is 5.56 Å². The average molecular weight is 460 g/mol. The first kappa shape index (κ1) is 20.5. The Labute approximate surface area is 180 Å². The number of pyridine rings is 1. The fourth-order valence-electron chi connectivity index (χ4n) is 5.18. The smallest absolute Gasteiger partial charge is 0.283 e. The van der Waals surface area contributed by atoms with Crippen molar-refractivity contribution in [2.45, 2.75) is 52.7 Å². The van der Waals surface area contributed by atoms with Gasteiger partial charge in [0.2, 0.25) is 0 Å². The number of fused-ring (bicyclic) bond motifs is 2. The monoisotopic (exact) mass is 459 g/mol. The van der Waals surface area contributed by atoms with Crippen molar-refractivity contribution in [1.29, 1.82) is 0 Å². The van der Waals surface area contributed by atoms with Crippen LogP contribution >= 0.6 is 15.9 Å². The van der Waals surface area contributed by atoms with E-state index >= 15 is 0 Å². The van der Waals surface area contributed by atoms with Gasteiger partial charge in [-0.25, -0.2) is 4.68 Å². The van der Waals surface area contributed by atoms with Crippen LogP contribution in [0.3, 0.4) is 0 Å². The zero-order valence-corrected chi connectivity index (χ0v) is 18.9. The summed E-state index contributed by atoms with van der Waals surface area (Å²) < 4.78 is 2.09. The van der Waals surface area contributed by atoms with Crippen molar-refractivity contribution in [3.8, 4) is 0 Å². The number of rotatable bonds is 7. The molecule has 0 aromatic carbocycles. The van der Waals surface area contributed by atoms with Gasteiger partial charge in [0, 0.05) is 31.5 Å². The summed E-state index contributed by atoms with van der Waals surface area (Å²) in [4.78, 5) is 16.7. The Balaban J connectivity index is 1.35. The Kier molecular flexibility index (Phi) is 5.80. The van der Waals surface area contributed by atoms with Crippen molar-refractivity contribution >= 4 is 21.6 Å². The molecule has 0 radical (unpaired) electrons. The molecule has 3 saturated carbocycles. The van der Waals surface area contributed by atoms with Crippen molar-refractivity contribution in [1.82, 2.24) is 20.1 Å². The zero-order chi connectivity index (χ0) is 20.6. The van der Waals surface area contributed by atoms with Crippen LogP contribution in [0.25, 0.3) is 0 Å². The average Bonchev–Trinajstić information content (AvgIpc) is 2.71. The molecule has 4 atom stereocenters. The maximum absolute atomic E-state index is 12.7. The first-order valence-electron chi connectivity index (χ1n) is 10.5.